The monoisotopic (exact) mass is 544 g/mol. The zero-order valence-electron chi connectivity index (χ0n) is 21.2. The van der Waals surface area contributed by atoms with Gasteiger partial charge < -0.3 is 20.8 Å². The fourth-order valence-corrected chi connectivity index (χ4v) is 7.08. The van der Waals surface area contributed by atoms with Crippen molar-refractivity contribution in [3.8, 4) is 0 Å². The highest BCUT2D eigenvalue weighted by atomic mass is 19.4. The SMILES string of the molecule is CNC1CC(C(C2CCC(O)C(NC(=O)C3CCC(C(C)=O)CC3)C2)(C(F)(F)F)C(F)(F)F)CCC1O. The highest BCUT2D eigenvalue weighted by Crippen LogP contribution is 2.64. The second-order valence-corrected chi connectivity index (χ2v) is 11.2. The summed E-state index contributed by atoms with van der Waals surface area (Å²) in [4.78, 5) is 24.5. The van der Waals surface area contributed by atoms with Crippen molar-refractivity contribution >= 4 is 11.7 Å². The minimum atomic E-state index is -5.62. The molecule has 0 aliphatic heterocycles. The molecule has 0 saturated heterocycles. The lowest BCUT2D eigenvalue weighted by Crippen LogP contribution is -2.64. The number of aliphatic hydroxyl groups is 2. The first-order valence-electron chi connectivity index (χ1n) is 13.1. The van der Waals surface area contributed by atoms with E-state index < -0.39 is 91.4 Å². The second-order valence-electron chi connectivity index (χ2n) is 11.2. The van der Waals surface area contributed by atoms with E-state index in [1.54, 1.807) is 0 Å². The number of alkyl halides is 6. The van der Waals surface area contributed by atoms with Crippen LogP contribution in [0.2, 0.25) is 0 Å². The summed E-state index contributed by atoms with van der Waals surface area (Å²) in [6.07, 6.45) is -14.3. The first-order valence-corrected chi connectivity index (χ1v) is 13.1. The molecule has 6 unspecified atom stereocenters. The number of halogens is 6. The Hall–Kier alpha value is -1.40. The van der Waals surface area contributed by atoms with Crippen LogP contribution in [0.25, 0.3) is 0 Å². The van der Waals surface area contributed by atoms with E-state index in [2.05, 4.69) is 10.6 Å². The van der Waals surface area contributed by atoms with Crippen LogP contribution in [0.4, 0.5) is 26.3 Å². The molecule has 3 fully saturated rings. The van der Waals surface area contributed by atoms with Gasteiger partial charge in [-0.1, -0.05) is 0 Å². The molecule has 3 aliphatic carbocycles. The maximum Gasteiger partial charge on any atom is 0.403 e. The third-order valence-electron chi connectivity index (χ3n) is 9.22. The van der Waals surface area contributed by atoms with Gasteiger partial charge in [-0.25, -0.2) is 0 Å². The van der Waals surface area contributed by atoms with Crippen LogP contribution >= 0.6 is 0 Å². The second kappa shape index (κ2) is 11.4. The van der Waals surface area contributed by atoms with Gasteiger partial charge in [0, 0.05) is 17.9 Å². The molecule has 1 amide bonds. The largest absolute Gasteiger partial charge is 0.403 e. The number of amides is 1. The Labute approximate surface area is 212 Å². The number of carbonyl (C=O) groups excluding carboxylic acids is 2. The third-order valence-corrected chi connectivity index (χ3v) is 9.22. The van der Waals surface area contributed by atoms with Gasteiger partial charge in [-0.2, -0.15) is 26.3 Å². The summed E-state index contributed by atoms with van der Waals surface area (Å²) in [5.74, 6) is -4.85. The van der Waals surface area contributed by atoms with Crippen molar-refractivity contribution in [1.29, 1.82) is 0 Å². The number of carbonyl (C=O) groups is 2. The van der Waals surface area contributed by atoms with Crippen molar-refractivity contribution in [3.63, 3.8) is 0 Å². The van der Waals surface area contributed by atoms with E-state index >= 15 is 0 Å². The minimum absolute atomic E-state index is 0.0239. The van der Waals surface area contributed by atoms with Gasteiger partial charge in [-0.15, -0.1) is 0 Å². The highest BCUT2D eigenvalue weighted by Gasteiger charge is 2.77. The van der Waals surface area contributed by atoms with Crippen molar-refractivity contribution in [1.82, 2.24) is 10.6 Å². The average molecular weight is 545 g/mol. The number of aliphatic hydroxyl groups excluding tert-OH is 2. The fraction of sp³-hybridized carbons (Fsp3) is 0.920. The Kier molecular flexibility index (Phi) is 9.27. The Balaban J connectivity index is 1.85. The molecular formula is C25H38F6N2O4. The van der Waals surface area contributed by atoms with Gasteiger partial charge >= 0.3 is 12.4 Å². The molecule has 0 radical (unpaired) electrons. The van der Waals surface area contributed by atoms with Gasteiger partial charge in [-0.05, 0) is 90.0 Å². The number of rotatable bonds is 6. The summed E-state index contributed by atoms with van der Waals surface area (Å²) in [5.41, 5.74) is -4.03. The summed E-state index contributed by atoms with van der Waals surface area (Å²) >= 11 is 0. The Morgan fingerprint density at radius 3 is 1.57 bits per heavy atom. The topological polar surface area (TPSA) is 98.7 Å². The van der Waals surface area contributed by atoms with Crippen molar-refractivity contribution < 1.29 is 46.1 Å². The number of hydrogen-bond acceptors (Lipinski definition) is 5. The molecule has 37 heavy (non-hydrogen) atoms. The van der Waals surface area contributed by atoms with E-state index in [1.807, 2.05) is 0 Å². The maximum absolute atomic E-state index is 14.7. The number of nitrogens with one attached hydrogen (secondary N) is 2. The van der Waals surface area contributed by atoms with E-state index in [4.69, 9.17) is 0 Å². The Morgan fingerprint density at radius 2 is 1.14 bits per heavy atom. The van der Waals surface area contributed by atoms with E-state index in [1.165, 1.54) is 14.0 Å². The molecule has 6 atom stereocenters. The first-order chi connectivity index (χ1) is 17.1. The zero-order valence-corrected chi connectivity index (χ0v) is 21.2. The average Bonchev–Trinajstić information content (AvgIpc) is 2.80. The van der Waals surface area contributed by atoms with Crippen LogP contribution in [0.5, 0.6) is 0 Å². The maximum atomic E-state index is 14.7. The number of hydrogen-bond donors (Lipinski definition) is 4. The molecule has 6 nitrogen and oxygen atoms in total. The molecule has 0 aromatic rings. The lowest BCUT2D eigenvalue weighted by atomic mass is 9.56. The van der Waals surface area contributed by atoms with Crippen LogP contribution < -0.4 is 10.6 Å². The van der Waals surface area contributed by atoms with Gasteiger partial charge in [-0.3, -0.25) is 9.59 Å². The van der Waals surface area contributed by atoms with E-state index in [-0.39, 0.29) is 24.5 Å². The first kappa shape index (κ1) is 30.1. The quantitative estimate of drug-likeness (QED) is 0.381. The molecule has 0 aromatic carbocycles. The molecular weight excluding hydrogens is 506 g/mol. The van der Waals surface area contributed by atoms with Crippen LogP contribution in [0.15, 0.2) is 0 Å². The fourth-order valence-electron chi connectivity index (χ4n) is 7.08. The van der Waals surface area contributed by atoms with Crippen LogP contribution in [-0.4, -0.2) is 65.6 Å². The number of likely N-dealkylation sites (N-methyl/N-ethyl adjacent to an activating group) is 1. The van der Waals surface area contributed by atoms with Crippen molar-refractivity contribution in [2.75, 3.05) is 7.05 Å². The molecule has 3 aliphatic rings. The third kappa shape index (κ3) is 5.95. The van der Waals surface area contributed by atoms with E-state index in [0.717, 1.165) is 0 Å². The van der Waals surface area contributed by atoms with E-state index in [9.17, 15) is 46.1 Å². The lowest BCUT2D eigenvalue weighted by molar-refractivity contribution is -0.383. The van der Waals surface area contributed by atoms with Crippen LogP contribution in [0.1, 0.15) is 71.1 Å². The lowest BCUT2D eigenvalue weighted by Gasteiger charge is -2.53. The Bertz CT molecular complexity index is 798. The molecule has 0 bridgehead atoms. The van der Waals surface area contributed by atoms with Crippen molar-refractivity contribution in [3.05, 3.63) is 0 Å². The predicted octanol–water partition coefficient (Wildman–Crippen LogP) is 3.89. The van der Waals surface area contributed by atoms with Crippen molar-refractivity contribution in [2.45, 2.75) is 108 Å². The molecule has 4 N–H and O–H groups in total. The molecule has 214 valence electrons. The summed E-state index contributed by atoms with van der Waals surface area (Å²) in [7, 11) is 1.39. The summed E-state index contributed by atoms with van der Waals surface area (Å²) in [6, 6.07) is -2.15. The van der Waals surface area contributed by atoms with Gasteiger partial charge in [0.1, 0.15) is 5.78 Å². The van der Waals surface area contributed by atoms with Gasteiger partial charge in [0.05, 0.1) is 18.2 Å². The number of Topliss-reactive ketones (excluding diaryl/α,β-unsaturated/α-hetero) is 1. The van der Waals surface area contributed by atoms with Crippen LogP contribution in [-0.2, 0) is 9.59 Å². The van der Waals surface area contributed by atoms with E-state index in [0.29, 0.717) is 25.7 Å². The molecule has 3 rings (SSSR count). The van der Waals surface area contributed by atoms with Crippen LogP contribution in [0.3, 0.4) is 0 Å². The zero-order chi connectivity index (χ0) is 27.8. The van der Waals surface area contributed by atoms with Gasteiger partial charge in [0.15, 0.2) is 5.41 Å². The normalized spacial score (nSPS) is 36.2. The molecule has 0 heterocycles. The van der Waals surface area contributed by atoms with Gasteiger partial charge in [0.25, 0.3) is 0 Å². The predicted molar refractivity (Wildman–Crippen MR) is 122 cm³/mol. The summed E-state index contributed by atoms with van der Waals surface area (Å²) in [5, 5.41) is 25.8. The number of ketones is 1. The molecule has 12 heteroatoms. The molecule has 3 saturated carbocycles. The van der Waals surface area contributed by atoms with Gasteiger partial charge in [0.2, 0.25) is 5.91 Å². The smallest absolute Gasteiger partial charge is 0.392 e. The Morgan fingerprint density at radius 1 is 0.703 bits per heavy atom. The molecule has 0 spiro atoms. The highest BCUT2D eigenvalue weighted by molar-refractivity contribution is 5.81. The standard InChI is InChI=1S/C25H38F6N2O4/c1-13(34)14-3-5-15(6-4-14)22(37)33-19-12-17(8-10-21(19)36)23(24(26,27)28,25(29,30)31)16-7-9-20(35)18(11-16)32-2/h14-21,32,35-36H,3-12H2,1-2H3,(H,33,37). The summed E-state index contributed by atoms with van der Waals surface area (Å²) < 4.78 is 88.0. The van der Waals surface area contributed by atoms with Crippen LogP contribution in [0, 0.1) is 29.1 Å². The summed E-state index contributed by atoms with van der Waals surface area (Å²) in [6.45, 7) is 1.48. The minimum Gasteiger partial charge on any atom is -0.392 e. The molecule has 0 aromatic heterocycles. The van der Waals surface area contributed by atoms with Crippen molar-refractivity contribution in [2.24, 2.45) is 29.1 Å².